The Morgan fingerprint density at radius 2 is 0.885 bits per heavy atom. The minimum absolute atomic E-state index is 0.640. The number of halogens is 2. The van der Waals surface area contributed by atoms with Crippen LogP contribution in [0.3, 0.4) is 0 Å². The van der Waals surface area contributed by atoms with Crippen LogP contribution in [0.25, 0.3) is 0 Å². The first-order valence-corrected chi connectivity index (χ1v) is 12.7. The smallest absolute Gasteiger partial charge is 0.331 e. The highest BCUT2D eigenvalue weighted by Crippen LogP contribution is 2.32. The molecule has 0 fully saturated rings. The molecule has 4 heteroatoms. The zero-order chi connectivity index (χ0) is 19.5. The van der Waals surface area contributed by atoms with Crippen LogP contribution in [0.1, 0.15) is 129 Å². The summed E-state index contributed by atoms with van der Waals surface area (Å²) in [6, 6.07) is 0. The third-order valence-electron chi connectivity index (χ3n) is 5.16. The Kier molecular flexibility index (Phi) is 19.1. The fourth-order valence-electron chi connectivity index (χ4n) is 3.36. The lowest BCUT2D eigenvalue weighted by Gasteiger charge is -2.14. The molecule has 0 saturated heterocycles. The van der Waals surface area contributed by atoms with Crippen LogP contribution < -0.4 is 0 Å². The van der Waals surface area contributed by atoms with Crippen molar-refractivity contribution in [2.45, 2.75) is 132 Å². The molecule has 0 bridgehead atoms. The number of carboxylic acids is 1. The molecule has 26 heavy (non-hydrogen) atoms. The van der Waals surface area contributed by atoms with Crippen molar-refractivity contribution in [1.29, 1.82) is 0 Å². The van der Waals surface area contributed by atoms with E-state index in [2.05, 4.69) is 38.8 Å². The highest BCUT2D eigenvalue weighted by atomic mass is 79.9. The number of carbonyl (C=O) groups is 1. The first kappa shape index (κ1) is 26.4. The normalized spacial score (nSPS) is 11.8. The molecule has 0 atom stereocenters. The summed E-state index contributed by atoms with van der Waals surface area (Å²) in [6.45, 7) is 2.28. The summed E-state index contributed by atoms with van der Waals surface area (Å²) in [7, 11) is 0. The number of hydrogen-bond acceptors (Lipinski definition) is 1. The van der Waals surface area contributed by atoms with Crippen molar-refractivity contribution >= 4 is 37.8 Å². The van der Waals surface area contributed by atoms with Crippen LogP contribution in [-0.2, 0) is 4.79 Å². The molecule has 0 spiro atoms. The van der Waals surface area contributed by atoms with E-state index in [-0.39, 0.29) is 0 Å². The van der Waals surface area contributed by atoms with Gasteiger partial charge < -0.3 is 5.11 Å². The quantitative estimate of drug-likeness (QED) is 0.134. The summed E-state index contributed by atoms with van der Waals surface area (Å²) >= 11 is 6.43. The molecular formula is C22H42Br2O2. The van der Waals surface area contributed by atoms with Gasteiger partial charge in [0.05, 0.1) is 0 Å². The van der Waals surface area contributed by atoms with Crippen LogP contribution in [-0.4, -0.2) is 14.3 Å². The Morgan fingerprint density at radius 3 is 1.15 bits per heavy atom. The molecule has 0 aliphatic heterocycles. The third-order valence-corrected chi connectivity index (χ3v) is 6.63. The lowest BCUT2D eigenvalue weighted by molar-refractivity contribution is -0.137. The molecule has 0 heterocycles. The van der Waals surface area contributed by atoms with Gasteiger partial charge in [-0.25, -0.2) is 4.79 Å². The van der Waals surface area contributed by atoms with E-state index >= 15 is 0 Å². The van der Waals surface area contributed by atoms with Crippen molar-refractivity contribution < 1.29 is 9.90 Å². The van der Waals surface area contributed by atoms with Crippen LogP contribution in [0.15, 0.2) is 0 Å². The van der Waals surface area contributed by atoms with Crippen molar-refractivity contribution in [1.82, 2.24) is 0 Å². The summed E-state index contributed by atoms with van der Waals surface area (Å²) in [5.41, 5.74) is 0. The van der Waals surface area contributed by atoms with Gasteiger partial charge in [-0.1, -0.05) is 154 Å². The van der Waals surface area contributed by atoms with Crippen molar-refractivity contribution in [2.75, 3.05) is 0 Å². The first-order chi connectivity index (χ1) is 12.5. The molecule has 1 N–H and O–H groups in total. The second-order valence-electron chi connectivity index (χ2n) is 7.77. The maximum Gasteiger partial charge on any atom is 0.331 e. The summed E-state index contributed by atoms with van der Waals surface area (Å²) < 4.78 is -0.922. The predicted molar refractivity (Wildman–Crippen MR) is 122 cm³/mol. The van der Waals surface area contributed by atoms with E-state index in [4.69, 9.17) is 5.11 Å². The monoisotopic (exact) mass is 496 g/mol. The molecule has 2 nitrogen and oxygen atoms in total. The van der Waals surface area contributed by atoms with E-state index in [1.807, 2.05) is 0 Å². The Balaban J connectivity index is 3.13. The van der Waals surface area contributed by atoms with E-state index in [0.717, 1.165) is 12.8 Å². The van der Waals surface area contributed by atoms with Crippen LogP contribution >= 0.6 is 31.9 Å². The van der Waals surface area contributed by atoms with E-state index < -0.39 is 9.20 Å². The van der Waals surface area contributed by atoms with Crippen molar-refractivity contribution in [3.05, 3.63) is 0 Å². The largest absolute Gasteiger partial charge is 0.480 e. The molecule has 156 valence electrons. The number of aliphatic carboxylic acids is 1. The Hall–Kier alpha value is 0.430. The number of alkyl halides is 2. The minimum Gasteiger partial charge on any atom is -0.480 e. The fraction of sp³-hybridized carbons (Fsp3) is 0.955. The van der Waals surface area contributed by atoms with E-state index in [1.54, 1.807) is 0 Å². The molecule has 0 aliphatic carbocycles. The molecule has 0 radical (unpaired) electrons. The van der Waals surface area contributed by atoms with Gasteiger partial charge in [-0.15, -0.1) is 0 Å². The second-order valence-corrected chi connectivity index (χ2v) is 11.5. The van der Waals surface area contributed by atoms with E-state index in [0.29, 0.717) is 6.42 Å². The zero-order valence-corrected chi connectivity index (χ0v) is 20.2. The summed E-state index contributed by atoms with van der Waals surface area (Å²) in [4.78, 5) is 10.9. The number of carboxylic acid groups (broad SMARTS) is 1. The molecule has 0 aliphatic rings. The first-order valence-electron chi connectivity index (χ1n) is 11.1. The summed E-state index contributed by atoms with van der Waals surface area (Å²) in [6.07, 6.45) is 25.0. The van der Waals surface area contributed by atoms with Gasteiger partial charge in [-0.05, 0) is 6.42 Å². The highest BCUT2D eigenvalue weighted by Gasteiger charge is 2.30. The molecular weight excluding hydrogens is 456 g/mol. The molecule has 0 unspecified atom stereocenters. The molecule has 0 aromatic rings. The van der Waals surface area contributed by atoms with Crippen molar-refractivity contribution in [3.63, 3.8) is 0 Å². The molecule has 0 rings (SSSR count). The molecule has 0 saturated carbocycles. The maximum absolute atomic E-state index is 10.9. The van der Waals surface area contributed by atoms with Gasteiger partial charge >= 0.3 is 5.97 Å². The topological polar surface area (TPSA) is 37.3 Å². The maximum atomic E-state index is 10.9. The third kappa shape index (κ3) is 17.8. The standard InChI is InChI=1S/C22H42Br2O2/c1-2-3-4-5-6-7-8-9-10-11-12-13-14-15-16-17-18-19-20-22(23,24)21(25)26/h2-20H2,1H3,(H,25,26). The summed E-state index contributed by atoms with van der Waals surface area (Å²) in [5.74, 6) is -0.829. The molecule has 0 aromatic carbocycles. The SMILES string of the molecule is CCCCCCCCCCCCCCCCCCCCC(Br)(Br)C(=O)O. The Labute approximate surface area is 179 Å². The summed E-state index contributed by atoms with van der Waals surface area (Å²) in [5, 5.41) is 8.99. The lowest BCUT2D eigenvalue weighted by atomic mass is 10.0. The Morgan fingerprint density at radius 1 is 0.615 bits per heavy atom. The number of unbranched alkanes of at least 4 members (excludes halogenated alkanes) is 17. The van der Waals surface area contributed by atoms with Gasteiger partial charge in [0.15, 0.2) is 3.23 Å². The van der Waals surface area contributed by atoms with Gasteiger partial charge in [0.1, 0.15) is 0 Å². The van der Waals surface area contributed by atoms with E-state index in [1.165, 1.54) is 103 Å². The molecule has 0 amide bonds. The van der Waals surface area contributed by atoms with Crippen LogP contribution in [0, 0.1) is 0 Å². The second kappa shape index (κ2) is 18.8. The zero-order valence-electron chi connectivity index (χ0n) is 17.0. The van der Waals surface area contributed by atoms with Gasteiger partial charge in [-0.3, -0.25) is 0 Å². The van der Waals surface area contributed by atoms with Gasteiger partial charge in [0.2, 0.25) is 0 Å². The predicted octanol–water partition coefficient (Wildman–Crippen LogP) is 8.99. The number of hydrogen-bond donors (Lipinski definition) is 1. The molecule has 0 aromatic heterocycles. The van der Waals surface area contributed by atoms with Gasteiger partial charge in [0, 0.05) is 0 Å². The van der Waals surface area contributed by atoms with Crippen molar-refractivity contribution in [2.24, 2.45) is 0 Å². The minimum atomic E-state index is -0.922. The number of rotatable bonds is 20. The average molecular weight is 498 g/mol. The Bertz CT molecular complexity index is 319. The van der Waals surface area contributed by atoms with Gasteiger partial charge in [0.25, 0.3) is 0 Å². The van der Waals surface area contributed by atoms with Crippen LogP contribution in [0.4, 0.5) is 0 Å². The highest BCUT2D eigenvalue weighted by molar-refractivity contribution is 9.25. The average Bonchev–Trinajstić information content (AvgIpc) is 2.60. The van der Waals surface area contributed by atoms with Gasteiger partial charge in [-0.2, -0.15) is 0 Å². The van der Waals surface area contributed by atoms with E-state index in [9.17, 15) is 4.79 Å². The van der Waals surface area contributed by atoms with Crippen molar-refractivity contribution in [3.8, 4) is 0 Å². The van der Waals surface area contributed by atoms with Crippen LogP contribution in [0.5, 0.6) is 0 Å². The lowest BCUT2D eigenvalue weighted by Crippen LogP contribution is -2.23. The fourth-order valence-corrected chi connectivity index (χ4v) is 3.92. The van der Waals surface area contributed by atoms with Crippen LogP contribution in [0.2, 0.25) is 0 Å².